The number of hydrogen-bond acceptors (Lipinski definition) is 5. The first-order valence-corrected chi connectivity index (χ1v) is 8.34. The molecule has 0 radical (unpaired) electrons. The number of carbonyl (C=O) groups is 1. The molecule has 3 rings (SSSR count). The first-order chi connectivity index (χ1) is 11.8. The molecule has 1 aromatic heterocycles. The van der Waals surface area contributed by atoms with Crippen LogP contribution in [0, 0.1) is 11.3 Å². The van der Waals surface area contributed by atoms with Crippen LogP contribution in [0.2, 0.25) is 0 Å². The lowest BCUT2D eigenvalue weighted by Gasteiger charge is -2.19. The van der Waals surface area contributed by atoms with Crippen LogP contribution in [0.4, 0.5) is 5.69 Å². The monoisotopic (exact) mass is 334 g/mol. The molecular formula is C18H14N4OS. The molecule has 0 N–H and O–H groups in total. The molecule has 0 aliphatic heterocycles. The van der Waals surface area contributed by atoms with Crippen LogP contribution in [0.15, 0.2) is 65.8 Å². The number of carbonyl (C=O) groups excluding carboxylic acids is 1. The van der Waals surface area contributed by atoms with E-state index in [2.05, 4.69) is 10.2 Å². The van der Waals surface area contributed by atoms with Crippen LogP contribution in [0.5, 0.6) is 0 Å². The summed E-state index contributed by atoms with van der Waals surface area (Å²) in [4.78, 5) is 14.0. The number of rotatable bonds is 5. The summed E-state index contributed by atoms with van der Waals surface area (Å²) in [6.45, 7) is 0.0185. The fourth-order valence-electron chi connectivity index (χ4n) is 2.32. The summed E-state index contributed by atoms with van der Waals surface area (Å²) in [7, 11) is 0. The maximum Gasteiger partial charge on any atom is 0.238 e. The molecule has 0 fully saturated rings. The van der Waals surface area contributed by atoms with Gasteiger partial charge in [-0.2, -0.15) is 10.4 Å². The van der Waals surface area contributed by atoms with Crippen molar-refractivity contribution in [1.82, 2.24) is 10.2 Å². The van der Waals surface area contributed by atoms with Crippen molar-refractivity contribution in [2.45, 2.75) is 5.03 Å². The zero-order valence-electron chi connectivity index (χ0n) is 12.8. The van der Waals surface area contributed by atoms with E-state index in [1.165, 1.54) is 16.7 Å². The summed E-state index contributed by atoms with van der Waals surface area (Å²) < 4.78 is 0. The zero-order chi connectivity index (χ0) is 16.8. The van der Waals surface area contributed by atoms with Crippen molar-refractivity contribution in [3.8, 4) is 6.07 Å². The van der Waals surface area contributed by atoms with Gasteiger partial charge >= 0.3 is 0 Å². The molecule has 3 aromatic rings. The molecule has 2 aromatic carbocycles. The molecule has 5 nitrogen and oxygen atoms in total. The molecular weight excluding hydrogens is 320 g/mol. The third-order valence-electron chi connectivity index (χ3n) is 3.47. The number of amides is 1. The molecule has 0 saturated carbocycles. The van der Waals surface area contributed by atoms with Crippen molar-refractivity contribution in [2.75, 3.05) is 17.2 Å². The number of para-hydroxylation sites is 1. The minimum Gasteiger partial charge on any atom is -0.298 e. The normalized spacial score (nSPS) is 10.3. The van der Waals surface area contributed by atoms with Crippen molar-refractivity contribution in [1.29, 1.82) is 5.26 Å². The summed E-state index contributed by atoms with van der Waals surface area (Å²) in [5, 5.41) is 19.8. The Morgan fingerprint density at radius 1 is 1.12 bits per heavy atom. The van der Waals surface area contributed by atoms with E-state index < -0.39 is 0 Å². The molecule has 0 aliphatic carbocycles. The quantitative estimate of drug-likeness (QED) is 0.529. The third-order valence-corrected chi connectivity index (χ3v) is 4.43. The van der Waals surface area contributed by atoms with Gasteiger partial charge in [0, 0.05) is 16.5 Å². The summed E-state index contributed by atoms with van der Waals surface area (Å²) in [5.74, 6) is 0.0571. The third kappa shape index (κ3) is 3.53. The molecule has 1 heterocycles. The second-order valence-electron chi connectivity index (χ2n) is 5.00. The number of nitriles is 1. The Hall–Kier alpha value is -2.91. The lowest BCUT2D eigenvalue weighted by atomic mass is 10.2. The lowest BCUT2D eigenvalue weighted by molar-refractivity contribution is -0.116. The molecule has 0 saturated heterocycles. The first-order valence-electron chi connectivity index (χ1n) is 7.35. The number of fused-ring (bicyclic) bond motifs is 1. The molecule has 24 heavy (non-hydrogen) atoms. The van der Waals surface area contributed by atoms with Crippen LogP contribution in [-0.4, -0.2) is 28.4 Å². The van der Waals surface area contributed by atoms with Crippen molar-refractivity contribution in [2.24, 2.45) is 0 Å². The fraction of sp³-hybridized carbons (Fsp3) is 0.111. The Bertz CT molecular complexity index is 887. The van der Waals surface area contributed by atoms with Crippen molar-refractivity contribution in [3.63, 3.8) is 0 Å². The van der Waals surface area contributed by atoms with E-state index in [4.69, 9.17) is 5.26 Å². The van der Waals surface area contributed by atoms with E-state index in [9.17, 15) is 4.79 Å². The Morgan fingerprint density at radius 2 is 1.88 bits per heavy atom. The van der Waals surface area contributed by atoms with Crippen LogP contribution in [0.3, 0.4) is 0 Å². The molecule has 118 valence electrons. The summed E-state index contributed by atoms with van der Waals surface area (Å²) >= 11 is 1.33. The maximum atomic E-state index is 12.5. The van der Waals surface area contributed by atoms with Crippen LogP contribution in [-0.2, 0) is 4.79 Å². The van der Waals surface area contributed by atoms with Crippen molar-refractivity contribution >= 4 is 34.1 Å². The topological polar surface area (TPSA) is 69.9 Å². The second kappa shape index (κ2) is 7.57. The van der Waals surface area contributed by atoms with Gasteiger partial charge in [0.25, 0.3) is 0 Å². The SMILES string of the molecule is N#CCN(C(=O)CSc1nncc2ccccc12)c1ccccc1. The standard InChI is InChI=1S/C18H14N4OS/c19-10-11-22(15-7-2-1-3-8-15)17(23)13-24-18-16-9-5-4-6-14(16)12-20-21-18/h1-9,12H,11,13H2. The van der Waals surface area contributed by atoms with Gasteiger partial charge in [-0.3, -0.25) is 9.69 Å². The second-order valence-corrected chi connectivity index (χ2v) is 5.96. The van der Waals surface area contributed by atoms with Crippen LogP contribution >= 0.6 is 11.8 Å². The highest BCUT2D eigenvalue weighted by Crippen LogP contribution is 2.25. The minimum atomic E-state index is -0.137. The van der Waals surface area contributed by atoms with Gasteiger partial charge in [-0.05, 0) is 12.1 Å². The molecule has 0 bridgehead atoms. The molecule has 6 heteroatoms. The summed E-state index contributed by atoms with van der Waals surface area (Å²) in [6.07, 6.45) is 1.70. The minimum absolute atomic E-state index is 0.0185. The molecule has 0 unspecified atom stereocenters. The molecule has 0 atom stereocenters. The molecule has 1 amide bonds. The van der Waals surface area contributed by atoms with Gasteiger partial charge in [-0.1, -0.05) is 54.2 Å². The Morgan fingerprint density at radius 3 is 2.67 bits per heavy atom. The van der Waals surface area contributed by atoms with E-state index in [1.807, 2.05) is 60.7 Å². The highest BCUT2D eigenvalue weighted by molar-refractivity contribution is 8.00. The number of anilines is 1. The fourth-order valence-corrected chi connectivity index (χ4v) is 3.18. The number of aromatic nitrogens is 2. The van der Waals surface area contributed by atoms with E-state index in [1.54, 1.807) is 6.20 Å². The smallest absolute Gasteiger partial charge is 0.238 e. The van der Waals surface area contributed by atoms with Gasteiger partial charge in [0.15, 0.2) is 0 Å². The van der Waals surface area contributed by atoms with Gasteiger partial charge in [-0.25, -0.2) is 0 Å². The van der Waals surface area contributed by atoms with Crippen LogP contribution < -0.4 is 4.90 Å². The number of nitrogens with zero attached hydrogens (tertiary/aromatic N) is 4. The number of hydrogen-bond donors (Lipinski definition) is 0. The van der Waals surface area contributed by atoms with Gasteiger partial charge in [0.2, 0.25) is 5.91 Å². The highest BCUT2D eigenvalue weighted by atomic mass is 32.2. The van der Waals surface area contributed by atoms with Crippen LogP contribution in [0.1, 0.15) is 0 Å². The largest absolute Gasteiger partial charge is 0.298 e. The Balaban J connectivity index is 1.77. The van der Waals surface area contributed by atoms with Gasteiger partial charge in [0.1, 0.15) is 11.6 Å². The Labute approximate surface area is 143 Å². The van der Waals surface area contributed by atoms with Crippen LogP contribution in [0.25, 0.3) is 10.8 Å². The van der Waals surface area contributed by atoms with Gasteiger partial charge in [0.05, 0.1) is 18.0 Å². The lowest BCUT2D eigenvalue weighted by Crippen LogP contribution is -2.32. The number of benzene rings is 2. The summed E-state index contributed by atoms with van der Waals surface area (Å²) in [5.41, 5.74) is 0.716. The van der Waals surface area contributed by atoms with Gasteiger partial charge < -0.3 is 0 Å². The average molecular weight is 334 g/mol. The van der Waals surface area contributed by atoms with E-state index in [-0.39, 0.29) is 18.2 Å². The average Bonchev–Trinajstić information content (AvgIpc) is 2.65. The number of thioether (sulfide) groups is 1. The van der Waals surface area contributed by atoms with Crippen molar-refractivity contribution < 1.29 is 4.79 Å². The highest BCUT2D eigenvalue weighted by Gasteiger charge is 2.16. The summed E-state index contributed by atoms with van der Waals surface area (Å²) in [6, 6.07) is 19.0. The van der Waals surface area contributed by atoms with E-state index in [0.717, 1.165) is 10.8 Å². The van der Waals surface area contributed by atoms with E-state index >= 15 is 0 Å². The van der Waals surface area contributed by atoms with Crippen molar-refractivity contribution in [3.05, 3.63) is 60.8 Å². The predicted octanol–water partition coefficient (Wildman–Crippen LogP) is 3.28. The molecule has 0 aliphatic rings. The zero-order valence-corrected chi connectivity index (χ0v) is 13.6. The van der Waals surface area contributed by atoms with Gasteiger partial charge in [-0.15, -0.1) is 5.10 Å². The maximum absolute atomic E-state index is 12.5. The first kappa shape index (κ1) is 16.0. The molecule has 0 spiro atoms. The Kier molecular flexibility index (Phi) is 5.04. The predicted molar refractivity (Wildman–Crippen MR) is 94.7 cm³/mol. The van der Waals surface area contributed by atoms with E-state index in [0.29, 0.717) is 10.7 Å².